The van der Waals surface area contributed by atoms with Crippen molar-refractivity contribution in [2.45, 2.75) is 12.8 Å². The fourth-order valence-corrected chi connectivity index (χ4v) is 1.91. The van der Waals surface area contributed by atoms with E-state index in [1.165, 1.54) is 12.1 Å². The van der Waals surface area contributed by atoms with Crippen LogP contribution in [0.25, 0.3) is 0 Å². The van der Waals surface area contributed by atoms with Gasteiger partial charge in [0.05, 0.1) is 22.1 Å². The zero-order chi connectivity index (χ0) is 14.0. The van der Waals surface area contributed by atoms with Crippen LogP contribution < -0.4 is 0 Å². The van der Waals surface area contributed by atoms with Crippen LogP contribution in [0.15, 0.2) is 18.2 Å². The fourth-order valence-electron chi connectivity index (χ4n) is 1.91. The predicted molar refractivity (Wildman–Crippen MR) is 63.3 cm³/mol. The van der Waals surface area contributed by atoms with Crippen molar-refractivity contribution in [3.63, 3.8) is 0 Å². The lowest BCUT2D eigenvalue weighted by molar-refractivity contribution is -0.384. The van der Waals surface area contributed by atoms with E-state index in [0.717, 1.165) is 11.0 Å². The van der Waals surface area contributed by atoms with E-state index in [1.54, 1.807) is 0 Å². The zero-order valence-corrected chi connectivity index (χ0v) is 9.83. The van der Waals surface area contributed by atoms with E-state index >= 15 is 0 Å². The Bertz CT molecular complexity index is 618. The number of amides is 2. The molecule has 0 atom stereocenters. The van der Waals surface area contributed by atoms with Gasteiger partial charge >= 0.3 is 0 Å². The molecule has 7 nitrogen and oxygen atoms in total. The largest absolute Gasteiger partial charge is 0.274 e. The van der Waals surface area contributed by atoms with Crippen LogP contribution >= 0.6 is 0 Å². The molecule has 1 aliphatic rings. The van der Waals surface area contributed by atoms with Crippen molar-refractivity contribution >= 4 is 17.5 Å². The molecule has 2 amide bonds. The second kappa shape index (κ2) is 4.86. The van der Waals surface area contributed by atoms with Crippen molar-refractivity contribution in [3.8, 4) is 6.07 Å². The summed E-state index contributed by atoms with van der Waals surface area (Å²) in [6, 6.07) is 5.53. The summed E-state index contributed by atoms with van der Waals surface area (Å²) < 4.78 is 0. The Morgan fingerprint density at radius 3 is 2.58 bits per heavy atom. The smallest absolute Gasteiger partial charge is 0.270 e. The Balaban J connectivity index is 2.29. The number of hydrogen-bond acceptors (Lipinski definition) is 5. The van der Waals surface area contributed by atoms with Crippen LogP contribution in [0, 0.1) is 21.4 Å². The summed E-state index contributed by atoms with van der Waals surface area (Å²) in [7, 11) is 0. The van der Waals surface area contributed by atoms with Gasteiger partial charge in [0, 0.05) is 25.1 Å². The van der Waals surface area contributed by atoms with E-state index in [1.807, 2.05) is 6.07 Å². The van der Waals surface area contributed by atoms with Gasteiger partial charge < -0.3 is 0 Å². The van der Waals surface area contributed by atoms with Gasteiger partial charge in [-0.05, 0) is 12.5 Å². The average Bonchev–Trinajstić information content (AvgIpc) is 2.63. The Hall–Kier alpha value is -2.75. The number of nitrogens with zero attached hydrogens (tertiary/aromatic N) is 3. The number of non-ortho nitro benzene ring substituents is 1. The van der Waals surface area contributed by atoms with Gasteiger partial charge in [0.25, 0.3) is 17.5 Å². The SMILES string of the molecule is N#CCCCN1C(=O)c2ccc([N+](=O)[O-])cc2C1=O. The first kappa shape index (κ1) is 12.7. The van der Waals surface area contributed by atoms with Crippen molar-refractivity contribution in [1.29, 1.82) is 5.26 Å². The number of benzene rings is 1. The molecule has 0 bridgehead atoms. The van der Waals surface area contributed by atoms with Gasteiger partial charge in [0.1, 0.15) is 0 Å². The number of fused-ring (bicyclic) bond motifs is 1. The van der Waals surface area contributed by atoms with Crippen LogP contribution in [0.5, 0.6) is 0 Å². The third kappa shape index (κ3) is 2.15. The van der Waals surface area contributed by atoms with Gasteiger partial charge in [-0.15, -0.1) is 0 Å². The molecule has 2 rings (SSSR count). The van der Waals surface area contributed by atoms with E-state index in [9.17, 15) is 19.7 Å². The quantitative estimate of drug-likeness (QED) is 0.352. The average molecular weight is 259 g/mol. The molecule has 0 radical (unpaired) electrons. The molecule has 1 heterocycles. The first-order valence-electron chi connectivity index (χ1n) is 5.58. The van der Waals surface area contributed by atoms with Crippen LogP contribution in [0.2, 0.25) is 0 Å². The summed E-state index contributed by atoms with van der Waals surface area (Å²) >= 11 is 0. The maximum absolute atomic E-state index is 12.0. The number of unbranched alkanes of at least 4 members (excludes halogenated alkanes) is 1. The van der Waals surface area contributed by atoms with Crippen molar-refractivity contribution in [2.75, 3.05) is 6.54 Å². The molecule has 96 valence electrons. The van der Waals surface area contributed by atoms with Gasteiger partial charge in [-0.1, -0.05) is 0 Å². The number of carbonyl (C=O) groups excluding carboxylic acids is 2. The van der Waals surface area contributed by atoms with Crippen molar-refractivity contribution in [1.82, 2.24) is 4.90 Å². The number of nitriles is 1. The highest BCUT2D eigenvalue weighted by Gasteiger charge is 2.36. The monoisotopic (exact) mass is 259 g/mol. The van der Waals surface area contributed by atoms with E-state index in [-0.39, 0.29) is 29.8 Å². The topological polar surface area (TPSA) is 104 Å². The number of imide groups is 1. The van der Waals surface area contributed by atoms with Crippen LogP contribution in [-0.4, -0.2) is 28.2 Å². The molecule has 7 heteroatoms. The van der Waals surface area contributed by atoms with Gasteiger partial charge in [0.15, 0.2) is 0 Å². The Kier molecular flexibility index (Phi) is 3.25. The number of hydrogen-bond donors (Lipinski definition) is 0. The zero-order valence-electron chi connectivity index (χ0n) is 9.83. The first-order valence-corrected chi connectivity index (χ1v) is 5.58. The Labute approximate surface area is 108 Å². The number of carbonyl (C=O) groups is 2. The van der Waals surface area contributed by atoms with E-state index in [0.29, 0.717) is 6.42 Å². The van der Waals surface area contributed by atoms with Gasteiger partial charge in [-0.25, -0.2) is 0 Å². The number of nitro groups is 1. The molecule has 1 aromatic rings. The summed E-state index contributed by atoms with van der Waals surface area (Å²) in [6.45, 7) is 0.147. The standard InChI is InChI=1S/C12H9N3O4/c13-5-1-2-6-14-11(16)9-4-3-8(15(18)19)7-10(9)12(14)17/h3-4,7H,1-2,6H2. The molecule has 1 aliphatic heterocycles. The van der Waals surface area contributed by atoms with E-state index in [4.69, 9.17) is 5.26 Å². The highest BCUT2D eigenvalue weighted by molar-refractivity contribution is 6.21. The summed E-state index contributed by atoms with van der Waals surface area (Å²) in [6.07, 6.45) is 0.637. The summed E-state index contributed by atoms with van der Waals surface area (Å²) in [5.74, 6) is -1.01. The second-order valence-electron chi connectivity index (χ2n) is 4.01. The van der Waals surface area contributed by atoms with Gasteiger partial charge in [-0.3, -0.25) is 24.6 Å². The fraction of sp³-hybridized carbons (Fsp3) is 0.250. The van der Waals surface area contributed by atoms with Crippen molar-refractivity contribution in [2.24, 2.45) is 0 Å². The Morgan fingerprint density at radius 2 is 1.95 bits per heavy atom. The van der Waals surface area contributed by atoms with Crippen LogP contribution in [0.1, 0.15) is 33.6 Å². The minimum Gasteiger partial charge on any atom is -0.274 e. The third-order valence-corrected chi connectivity index (χ3v) is 2.84. The van der Waals surface area contributed by atoms with E-state index < -0.39 is 16.7 Å². The van der Waals surface area contributed by atoms with Crippen LogP contribution in [-0.2, 0) is 0 Å². The predicted octanol–water partition coefficient (Wildman–Crippen LogP) is 1.49. The third-order valence-electron chi connectivity index (χ3n) is 2.84. The molecule has 0 unspecified atom stereocenters. The molecular formula is C12H9N3O4. The Morgan fingerprint density at radius 1 is 1.26 bits per heavy atom. The van der Waals surface area contributed by atoms with Crippen LogP contribution in [0.4, 0.5) is 5.69 Å². The highest BCUT2D eigenvalue weighted by atomic mass is 16.6. The summed E-state index contributed by atoms with van der Waals surface area (Å²) in [5, 5.41) is 19.1. The van der Waals surface area contributed by atoms with Crippen molar-refractivity contribution in [3.05, 3.63) is 39.4 Å². The van der Waals surface area contributed by atoms with Crippen LogP contribution in [0.3, 0.4) is 0 Å². The maximum atomic E-state index is 12.0. The molecule has 0 saturated carbocycles. The molecule has 0 fully saturated rings. The molecule has 0 saturated heterocycles. The van der Waals surface area contributed by atoms with E-state index in [2.05, 4.69) is 0 Å². The van der Waals surface area contributed by atoms with Crippen molar-refractivity contribution < 1.29 is 14.5 Å². The lowest BCUT2D eigenvalue weighted by Crippen LogP contribution is -2.30. The minimum absolute atomic E-state index is 0.0520. The lowest BCUT2D eigenvalue weighted by Gasteiger charge is -2.11. The normalized spacial score (nSPS) is 13.3. The molecular weight excluding hydrogens is 250 g/mol. The summed E-state index contributed by atoms with van der Waals surface area (Å²) in [4.78, 5) is 35.0. The van der Waals surface area contributed by atoms with Gasteiger partial charge in [-0.2, -0.15) is 5.26 Å². The molecule has 0 aliphatic carbocycles. The maximum Gasteiger partial charge on any atom is 0.270 e. The molecule has 19 heavy (non-hydrogen) atoms. The second-order valence-corrected chi connectivity index (χ2v) is 4.01. The minimum atomic E-state index is -0.615. The summed E-state index contributed by atoms with van der Waals surface area (Å²) in [5.41, 5.74) is 0.00231. The molecule has 0 aromatic heterocycles. The highest BCUT2D eigenvalue weighted by Crippen LogP contribution is 2.26. The lowest BCUT2D eigenvalue weighted by atomic mass is 10.1. The molecule has 1 aromatic carbocycles. The molecule has 0 spiro atoms. The van der Waals surface area contributed by atoms with Gasteiger partial charge in [0.2, 0.25) is 0 Å². The first-order chi connectivity index (χ1) is 9.06. The number of rotatable bonds is 4. The number of nitro benzene ring substituents is 1. The molecule has 0 N–H and O–H groups in total.